The maximum absolute atomic E-state index is 12.8. The van der Waals surface area contributed by atoms with Crippen molar-refractivity contribution in [3.63, 3.8) is 0 Å². The predicted molar refractivity (Wildman–Crippen MR) is 116 cm³/mol. The number of rotatable bonds is 6. The zero-order valence-corrected chi connectivity index (χ0v) is 18.1. The van der Waals surface area contributed by atoms with Crippen LogP contribution in [-0.2, 0) is 32.5 Å². The quantitative estimate of drug-likeness (QED) is 0.709. The van der Waals surface area contributed by atoms with Crippen LogP contribution in [0.15, 0.2) is 59.5 Å². The van der Waals surface area contributed by atoms with Crippen LogP contribution in [-0.4, -0.2) is 55.7 Å². The van der Waals surface area contributed by atoms with Gasteiger partial charge in [-0.15, -0.1) is 0 Å². The van der Waals surface area contributed by atoms with Crippen LogP contribution in [0.5, 0.6) is 0 Å². The molecule has 0 spiro atoms. The largest absolute Gasteiger partial charge is 0.394 e. The van der Waals surface area contributed by atoms with Crippen LogP contribution in [0.4, 0.5) is 0 Å². The highest BCUT2D eigenvalue weighted by molar-refractivity contribution is 7.89. The molecule has 0 unspecified atom stereocenters. The van der Waals surface area contributed by atoms with E-state index in [0.29, 0.717) is 25.9 Å². The van der Waals surface area contributed by atoms with Gasteiger partial charge in [-0.2, -0.15) is 0 Å². The Morgan fingerprint density at radius 2 is 1.77 bits per heavy atom. The van der Waals surface area contributed by atoms with Crippen molar-refractivity contribution in [2.24, 2.45) is 0 Å². The standard InChI is InChI=1S/C23H28N2O5S/c26-16-22-21(24-31(28,29)20-8-2-1-3-9-20)11-10-19(30-22)14-23(27)25-13-12-17-6-4-5-7-18(17)15-25/h1-9,19,21-22,24,26H,10-16H2/t19-,21-,22+/m0/s1. The Balaban J connectivity index is 1.34. The summed E-state index contributed by atoms with van der Waals surface area (Å²) in [5.41, 5.74) is 2.46. The summed E-state index contributed by atoms with van der Waals surface area (Å²) < 4.78 is 33.8. The SMILES string of the molecule is O=C(C[C@@H]1CC[C@H](NS(=O)(=O)c2ccccc2)[C@@H](CO)O1)N1CCc2ccccc2C1. The van der Waals surface area contributed by atoms with Crippen molar-refractivity contribution in [3.8, 4) is 0 Å². The van der Waals surface area contributed by atoms with Gasteiger partial charge in [-0.25, -0.2) is 13.1 Å². The van der Waals surface area contributed by atoms with Gasteiger partial charge in [0, 0.05) is 13.1 Å². The van der Waals surface area contributed by atoms with E-state index >= 15 is 0 Å². The molecular formula is C23H28N2O5S. The second kappa shape index (κ2) is 9.48. The molecule has 31 heavy (non-hydrogen) atoms. The van der Waals surface area contributed by atoms with Crippen molar-refractivity contribution in [3.05, 3.63) is 65.7 Å². The summed E-state index contributed by atoms with van der Waals surface area (Å²) in [4.78, 5) is 14.9. The Hall–Kier alpha value is -2.26. The first-order chi connectivity index (χ1) is 15.0. The minimum Gasteiger partial charge on any atom is -0.394 e. The van der Waals surface area contributed by atoms with Crippen molar-refractivity contribution in [1.29, 1.82) is 0 Å². The van der Waals surface area contributed by atoms with E-state index in [9.17, 15) is 18.3 Å². The van der Waals surface area contributed by atoms with Crippen LogP contribution in [0, 0.1) is 0 Å². The lowest BCUT2D eigenvalue weighted by atomic mass is 9.96. The van der Waals surface area contributed by atoms with E-state index in [-0.39, 0.29) is 29.9 Å². The van der Waals surface area contributed by atoms with E-state index in [2.05, 4.69) is 16.9 Å². The van der Waals surface area contributed by atoms with E-state index in [1.165, 1.54) is 23.3 Å². The molecule has 0 aliphatic carbocycles. The van der Waals surface area contributed by atoms with Gasteiger partial charge in [-0.1, -0.05) is 42.5 Å². The molecule has 1 fully saturated rings. The first-order valence-electron chi connectivity index (χ1n) is 10.6. The first-order valence-corrected chi connectivity index (χ1v) is 12.1. The minimum absolute atomic E-state index is 0.0273. The smallest absolute Gasteiger partial charge is 0.240 e. The molecule has 3 atom stereocenters. The van der Waals surface area contributed by atoms with Gasteiger partial charge >= 0.3 is 0 Å². The molecule has 2 aliphatic rings. The molecule has 166 valence electrons. The number of nitrogens with zero attached hydrogens (tertiary/aromatic N) is 1. The Morgan fingerprint density at radius 3 is 2.52 bits per heavy atom. The number of hydrogen-bond donors (Lipinski definition) is 2. The summed E-state index contributed by atoms with van der Waals surface area (Å²) in [6.07, 6.45) is 1.10. The molecule has 4 rings (SSSR count). The maximum atomic E-state index is 12.8. The normalized spacial score (nSPS) is 23.9. The first kappa shape index (κ1) is 22.0. The summed E-state index contributed by atoms with van der Waals surface area (Å²) in [6, 6.07) is 15.7. The molecule has 8 heteroatoms. The number of sulfonamides is 1. The summed E-state index contributed by atoms with van der Waals surface area (Å²) in [7, 11) is -3.71. The van der Waals surface area contributed by atoms with Crippen LogP contribution in [0.2, 0.25) is 0 Å². The molecule has 2 aromatic rings. The van der Waals surface area contributed by atoms with Gasteiger partial charge in [-0.3, -0.25) is 4.79 Å². The van der Waals surface area contributed by atoms with Gasteiger partial charge in [0.1, 0.15) is 0 Å². The molecule has 7 nitrogen and oxygen atoms in total. The second-order valence-electron chi connectivity index (χ2n) is 8.14. The van der Waals surface area contributed by atoms with E-state index in [4.69, 9.17) is 4.74 Å². The number of benzene rings is 2. The predicted octanol–water partition coefficient (Wildman–Crippen LogP) is 1.85. The van der Waals surface area contributed by atoms with Crippen molar-refractivity contribution < 1.29 is 23.1 Å². The Labute approximate surface area is 183 Å². The molecule has 2 N–H and O–H groups in total. The molecule has 0 saturated carbocycles. The molecule has 2 heterocycles. The van der Waals surface area contributed by atoms with Gasteiger partial charge in [-0.05, 0) is 42.5 Å². The second-order valence-corrected chi connectivity index (χ2v) is 9.85. The fourth-order valence-electron chi connectivity index (χ4n) is 4.32. The van der Waals surface area contributed by atoms with Gasteiger partial charge in [0.25, 0.3) is 0 Å². The lowest BCUT2D eigenvalue weighted by Crippen LogP contribution is -2.51. The van der Waals surface area contributed by atoms with Gasteiger partial charge < -0.3 is 14.7 Å². The van der Waals surface area contributed by atoms with Crippen molar-refractivity contribution in [2.45, 2.75) is 55.4 Å². The highest BCUT2D eigenvalue weighted by Gasteiger charge is 2.35. The van der Waals surface area contributed by atoms with Crippen molar-refractivity contribution in [2.75, 3.05) is 13.2 Å². The molecular weight excluding hydrogens is 416 g/mol. The number of fused-ring (bicyclic) bond motifs is 1. The van der Waals surface area contributed by atoms with Crippen molar-refractivity contribution >= 4 is 15.9 Å². The summed E-state index contributed by atoms with van der Waals surface area (Å²) in [5.74, 6) is 0.0273. The van der Waals surface area contributed by atoms with E-state index in [1.807, 2.05) is 17.0 Å². The van der Waals surface area contributed by atoms with Crippen LogP contribution in [0.3, 0.4) is 0 Å². The molecule has 2 aliphatic heterocycles. The number of carbonyl (C=O) groups is 1. The summed E-state index contributed by atoms with van der Waals surface area (Å²) in [6.45, 7) is 0.972. The van der Waals surface area contributed by atoms with Gasteiger partial charge in [0.05, 0.1) is 36.2 Å². The number of hydrogen-bond acceptors (Lipinski definition) is 5. The number of amides is 1. The third kappa shape index (κ3) is 5.15. The lowest BCUT2D eigenvalue weighted by molar-refractivity contribution is -0.140. The average molecular weight is 445 g/mol. The Morgan fingerprint density at radius 1 is 1.06 bits per heavy atom. The fourth-order valence-corrected chi connectivity index (χ4v) is 5.64. The molecule has 0 bridgehead atoms. The zero-order valence-electron chi connectivity index (χ0n) is 17.3. The topological polar surface area (TPSA) is 95.9 Å². The summed E-state index contributed by atoms with van der Waals surface area (Å²) >= 11 is 0. The molecule has 0 radical (unpaired) electrons. The highest BCUT2D eigenvalue weighted by Crippen LogP contribution is 2.25. The molecule has 1 amide bonds. The third-order valence-corrected chi connectivity index (χ3v) is 7.55. The lowest BCUT2D eigenvalue weighted by Gasteiger charge is -2.37. The average Bonchev–Trinajstić information content (AvgIpc) is 2.80. The van der Waals surface area contributed by atoms with Crippen LogP contribution >= 0.6 is 0 Å². The maximum Gasteiger partial charge on any atom is 0.240 e. The van der Waals surface area contributed by atoms with E-state index in [0.717, 1.165) is 6.42 Å². The minimum atomic E-state index is -3.71. The number of aliphatic hydroxyl groups excluding tert-OH is 1. The van der Waals surface area contributed by atoms with Crippen LogP contribution in [0.1, 0.15) is 30.4 Å². The third-order valence-electron chi connectivity index (χ3n) is 6.04. The molecule has 0 aromatic heterocycles. The van der Waals surface area contributed by atoms with Gasteiger partial charge in [0.15, 0.2) is 0 Å². The number of nitrogens with one attached hydrogen (secondary N) is 1. The molecule has 2 aromatic carbocycles. The highest BCUT2D eigenvalue weighted by atomic mass is 32.2. The fraction of sp³-hybridized carbons (Fsp3) is 0.435. The monoisotopic (exact) mass is 444 g/mol. The molecule has 1 saturated heterocycles. The number of aliphatic hydroxyl groups is 1. The van der Waals surface area contributed by atoms with E-state index < -0.39 is 22.2 Å². The summed E-state index contributed by atoms with van der Waals surface area (Å²) in [5, 5.41) is 9.78. The van der Waals surface area contributed by atoms with Gasteiger partial charge in [0.2, 0.25) is 15.9 Å². The number of ether oxygens (including phenoxy) is 1. The van der Waals surface area contributed by atoms with E-state index in [1.54, 1.807) is 18.2 Å². The zero-order chi connectivity index (χ0) is 21.8. The Kier molecular flexibility index (Phi) is 6.71. The van der Waals surface area contributed by atoms with Crippen molar-refractivity contribution in [1.82, 2.24) is 9.62 Å². The Bertz CT molecular complexity index is 1010. The number of carbonyl (C=O) groups excluding carboxylic acids is 1. The van der Waals surface area contributed by atoms with Crippen LogP contribution < -0.4 is 4.72 Å². The van der Waals surface area contributed by atoms with Crippen LogP contribution in [0.25, 0.3) is 0 Å².